The molecule has 0 spiro atoms. The quantitative estimate of drug-likeness (QED) is 0.903. The van der Waals surface area contributed by atoms with Gasteiger partial charge < -0.3 is 5.73 Å². The molecule has 0 aromatic carbocycles. The van der Waals surface area contributed by atoms with Crippen LogP contribution in [-0.4, -0.2) is 30.8 Å². The fraction of sp³-hybridized carbons (Fsp3) is 0.643. The Hall–Kier alpha value is -1.14. The second-order valence-corrected chi connectivity index (χ2v) is 7.81. The van der Waals surface area contributed by atoms with Gasteiger partial charge in [-0.2, -0.15) is 4.31 Å². The zero-order chi connectivity index (χ0) is 14.2. The highest BCUT2D eigenvalue weighted by Crippen LogP contribution is 2.37. The van der Waals surface area contributed by atoms with Crippen molar-refractivity contribution in [1.29, 1.82) is 0 Å². The molecule has 0 bridgehead atoms. The van der Waals surface area contributed by atoms with Gasteiger partial charge in [0.05, 0.1) is 0 Å². The van der Waals surface area contributed by atoms with Gasteiger partial charge in [0.2, 0.25) is 10.0 Å². The van der Waals surface area contributed by atoms with Gasteiger partial charge in [0.1, 0.15) is 10.7 Å². The number of aromatic nitrogens is 1. The third-order valence-corrected chi connectivity index (χ3v) is 6.50. The molecule has 2 atom stereocenters. The molecule has 3 rings (SSSR count). The average Bonchev–Trinajstić information content (AvgIpc) is 2.47. The largest absolute Gasteiger partial charge is 0.384 e. The summed E-state index contributed by atoms with van der Waals surface area (Å²) in [5.41, 5.74) is 5.52. The first kappa shape index (κ1) is 13.8. The Morgan fingerprint density at radius 1 is 1.15 bits per heavy atom. The number of piperidine rings is 1. The van der Waals surface area contributed by atoms with Crippen molar-refractivity contribution in [1.82, 2.24) is 9.29 Å². The molecule has 1 aliphatic carbocycles. The van der Waals surface area contributed by atoms with Crippen molar-refractivity contribution in [2.24, 2.45) is 11.8 Å². The van der Waals surface area contributed by atoms with Crippen LogP contribution in [0, 0.1) is 11.8 Å². The van der Waals surface area contributed by atoms with E-state index in [9.17, 15) is 8.42 Å². The van der Waals surface area contributed by atoms with Crippen LogP contribution in [0.15, 0.2) is 23.2 Å². The molecule has 2 heterocycles. The topological polar surface area (TPSA) is 76.3 Å². The van der Waals surface area contributed by atoms with Gasteiger partial charge in [-0.15, -0.1) is 0 Å². The number of anilines is 1. The lowest BCUT2D eigenvalue weighted by molar-refractivity contribution is 0.136. The lowest BCUT2D eigenvalue weighted by atomic mass is 9.76. The number of nitrogen functional groups attached to an aromatic ring is 1. The lowest BCUT2D eigenvalue weighted by Crippen LogP contribution is -2.44. The van der Waals surface area contributed by atoms with E-state index in [0.29, 0.717) is 24.8 Å². The predicted octanol–water partition coefficient (Wildman–Crippen LogP) is 1.86. The van der Waals surface area contributed by atoms with Gasteiger partial charge in [0, 0.05) is 19.3 Å². The van der Waals surface area contributed by atoms with Crippen molar-refractivity contribution in [3.05, 3.63) is 18.3 Å². The summed E-state index contributed by atoms with van der Waals surface area (Å²) in [5.74, 6) is 1.60. The number of sulfonamides is 1. The van der Waals surface area contributed by atoms with E-state index in [-0.39, 0.29) is 4.90 Å². The molecule has 20 heavy (non-hydrogen) atoms. The van der Waals surface area contributed by atoms with Gasteiger partial charge in [0.15, 0.2) is 0 Å². The van der Waals surface area contributed by atoms with Crippen molar-refractivity contribution in [3.8, 4) is 0 Å². The number of hydrogen-bond acceptors (Lipinski definition) is 4. The second kappa shape index (κ2) is 5.33. The summed E-state index contributed by atoms with van der Waals surface area (Å²) in [4.78, 5) is 4.14. The molecule has 1 saturated heterocycles. The van der Waals surface area contributed by atoms with Crippen LogP contribution in [-0.2, 0) is 10.0 Å². The van der Waals surface area contributed by atoms with Crippen molar-refractivity contribution in [2.75, 3.05) is 18.8 Å². The number of fused-ring (bicyclic) bond motifs is 1. The molecular weight excluding hydrogens is 274 g/mol. The van der Waals surface area contributed by atoms with E-state index in [2.05, 4.69) is 4.98 Å². The highest BCUT2D eigenvalue weighted by atomic mass is 32.2. The molecular formula is C14H21N3O2S. The predicted molar refractivity (Wildman–Crippen MR) is 77.5 cm³/mol. The van der Waals surface area contributed by atoms with E-state index in [1.807, 2.05) is 0 Å². The van der Waals surface area contributed by atoms with Crippen LogP contribution in [0.4, 0.5) is 5.82 Å². The number of rotatable bonds is 2. The molecule has 1 aliphatic heterocycles. The number of nitrogens with zero attached hydrogens (tertiary/aromatic N) is 2. The van der Waals surface area contributed by atoms with Gasteiger partial charge in [-0.3, -0.25) is 0 Å². The zero-order valence-electron chi connectivity index (χ0n) is 11.5. The molecule has 2 fully saturated rings. The fourth-order valence-electron chi connectivity index (χ4n) is 3.48. The van der Waals surface area contributed by atoms with Gasteiger partial charge in [-0.25, -0.2) is 13.4 Å². The standard InChI is InChI=1S/C14H21N3O2S/c15-14-6-5-13(9-16-14)20(18,19)17-8-7-11-3-1-2-4-12(11)10-17/h5-6,9,11-12H,1-4,7-8,10H2,(H2,15,16). The molecule has 5 nitrogen and oxygen atoms in total. The van der Waals surface area contributed by atoms with Crippen LogP contribution < -0.4 is 5.73 Å². The van der Waals surface area contributed by atoms with E-state index in [1.165, 1.54) is 25.5 Å². The van der Waals surface area contributed by atoms with Crippen LogP contribution in [0.25, 0.3) is 0 Å². The van der Waals surface area contributed by atoms with E-state index in [4.69, 9.17) is 5.73 Å². The monoisotopic (exact) mass is 295 g/mol. The first-order valence-electron chi connectivity index (χ1n) is 7.29. The smallest absolute Gasteiger partial charge is 0.244 e. The summed E-state index contributed by atoms with van der Waals surface area (Å²) >= 11 is 0. The van der Waals surface area contributed by atoms with Crippen LogP contribution in [0.3, 0.4) is 0 Å². The molecule has 6 heteroatoms. The molecule has 0 amide bonds. The minimum absolute atomic E-state index is 0.251. The summed E-state index contributed by atoms with van der Waals surface area (Å²) in [6, 6.07) is 3.09. The van der Waals surface area contributed by atoms with Crippen molar-refractivity contribution < 1.29 is 8.42 Å². The van der Waals surface area contributed by atoms with Gasteiger partial charge in [-0.1, -0.05) is 19.3 Å². The summed E-state index contributed by atoms with van der Waals surface area (Å²) in [6.07, 6.45) is 7.32. The molecule has 2 aliphatic rings. The lowest BCUT2D eigenvalue weighted by Gasteiger charge is -2.40. The number of pyridine rings is 1. The number of hydrogen-bond donors (Lipinski definition) is 1. The maximum atomic E-state index is 12.6. The Labute approximate surface area is 120 Å². The van der Waals surface area contributed by atoms with E-state index in [0.717, 1.165) is 18.8 Å². The van der Waals surface area contributed by atoms with Crippen LogP contribution in [0.5, 0.6) is 0 Å². The van der Waals surface area contributed by atoms with Crippen LogP contribution in [0.2, 0.25) is 0 Å². The van der Waals surface area contributed by atoms with Crippen LogP contribution in [0.1, 0.15) is 32.1 Å². The maximum absolute atomic E-state index is 12.6. The molecule has 110 valence electrons. The zero-order valence-corrected chi connectivity index (χ0v) is 12.3. The molecule has 0 radical (unpaired) electrons. The fourth-order valence-corrected chi connectivity index (χ4v) is 4.94. The van der Waals surface area contributed by atoms with E-state index in [1.54, 1.807) is 16.4 Å². The Morgan fingerprint density at radius 2 is 1.90 bits per heavy atom. The highest BCUT2D eigenvalue weighted by Gasteiger charge is 2.36. The highest BCUT2D eigenvalue weighted by molar-refractivity contribution is 7.89. The average molecular weight is 295 g/mol. The summed E-state index contributed by atoms with van der Waals surface area (Å²) in [6.45, 7) is 1.30. The normalized spacial score (nSPS) is 28.0. The minimum Gasteiger partial charge on any atom is -0.384 e. The third kappa shape index (κ3) is 2.54. The molecule has 1 aromatic rings. The summed E-state index contributed by atoms with van der Waals surface area (Å²) in [7, 11) is -3.41. The number of nitrogens with two attached hydrogens (primary N) is 1. The molecule has 1 aromatic heterocycles. The molecule has 1 saturated carbocycles. The second-order valence-electron chi connectivity index (χ2n) is 5.88. The van der Waals surface area contributed by atoms with Crippen molar-refractivity contribution in [2.45, 2.75) is 37.0 Å². The maximum Gasteiger partial charge on any atom is 0.244 e. The molecule has 2 unspecified atom stereocenters. The Kier molecular flexibility index (Phi) is 3.69. The first-order chi connectivity index (χ1) is 9.57. The summed E-state index contributed by atoms with van der Waals surface area (Å²) in [5, 5.41) is 0. The van der Waals surface area contributed by atoms with Crippen molar-refractivity contribution >= 4 is 15.8 Å². The molecule has 2 N–H and O–H groups in total. The van der Waals surface area contributed by atoms with Crippen LogP contribution >= 0.6 is 0 Å². The van der Waals surface area contributed by atoms with E-state index >= 15 is 0 Å². The Morgan fingerprint density at radius 3 is 2.60 bits per heavy atom. The third-order valence-electron chi connectivity index (χ3n) is 4.65. The Bertz CT molecular complexity index is 571. The van der Waals surface area contributed by atoms with Gasteiger partial charge in [-0.05, 0) is 36.8 Å². The Balaban J connectivity index is 1.79. The SMILES string of the molecule is Nc1ccc(S(=O)(=O)N2CCC3CCCCC3C2)cn1. The van der Waals surface area contributed by atoms with Gasteiger partial charge >= 0.3 is 0 Å². The summed E-state index contributed by atoms with van der Waals surface area (Å²) < 4.78 is 26.9. The minimum atomic E-state index is -3.41. The van der Waals surface area contributed by atoms with E-state index < -0.39 is 10.0 Å². The first-order valence-corrected chi connectivity index (χ1v) is 8.73. The van der Waals surface area contributed by atoms with Crippen molar-refractivity contribution in [3.63, 3.8) is 0 Å². The van der Waals surface area contributed by atoms with Gasteiger partial charge in [0.25, 0.3) is 0 Å².